The van der Waals surface area contributed by atoms with Crippen LogP contribution in [0.15, 0.2) is 24.3 Å². The van der Waals surface area contributed by atoms with Crippen molar-refractivity contribution in [2.45, 2.75) is 6.42 Å². The van der Waals surface area contributed by atoms with E-state index < -0.39 is 0 Å². The molecule has 1 aromatic rings. The minimum absolute atomic E-state index is 0. The molecule has 1 rings (SSSR count). The summed E-state index contributed by atoms with van der Waals surface area (Å²) in [6.45, 7) is 0. The van der Waals surface area contributed by atoms with Crippen LogP contribution in [0.1, 0.15) is 5.56 Å². The summed E-state index contributed by atoms with van der Waals surface area (Å²) in [6.07, 6.45) is 0.535. The van der Waals surface area contributed by atoms with Gasteiger partial charge in [-0.2, -0.15) is 17.4 Å². The van der Waals surface area contributed by atoms with Crippen molar-refractivity contribution in [2.75, 3.05) is 0 Å². The minimum Gasteiger partial charge on any atom is -0.213 e. The fraction of sp³-hybridized carbons (Fsp3) is 0.143. The first-order valence-corrected chi connectivity index (χ1v) is 2.51. The molecular weight excluding hydrogens is 157 g/mol. The zero-order valence-electron chi connectivity index (χ0n) is 4.80. The van der Waals surface area contributed by atoms with Crippen molar-refractivity contribution in [2.24, 2.45) is 0 Å². The van der Waals surface area contributed by atoms with Crippen molar-refractivity contribution < 1.29 is 16.8 Å². The Balaban J connectivity index is 0.000000640. The molecule has 0 atom stereocenters. The molecule has 0 amide bonds. The van der Waals surface area contributed by atoms with Crippen molar-refractivity contribution in [1.29, 1.82) is 5.26 Å². The first kappa shape index (κ1) is 8.35. The zero-order valence-corrected chi connectivity index (χ0v) is 5.84. The Morgan fingerprint density at radius 3 is 2.33 bits per heavy atom. The van der Waals surface area contributed by atoms with E-state index in [0.29, 0.717) is 6.42 Å². The van der Waals surface area contributed by atoms with E-state index in [1.807, 2.05) is 24.3 Å². The molecule has 0 unspecified atom stereocenters. The molecule has 1 aromatic carbocycles. The third-order valence-electron chi connectivity index (χ3n) is 1.01. The van der Waals surface area contributed by atoms with Gasteiger partial charge in [0, 0.05) is 23.2 Å². The Morgan fingerprint density at radius 2 is 1.89 bits per heavy atom. The van der Waals surface area contributed by atoms with Gasteiger partial charge in [0.2, 0.25) is 0 Å². The molecule has 0 aliphatic heterocycles. The van der Waals surface area contributed by atoms with Gasteiger partial charge in [0.05, 0.1) is 6.07 Å². The summed E-state index contributed by atoms with van der Waals surface area (Å²) in [5, 5.41) is 8.19. The van der Waals surface area contributed by atoms with Gasteiger partial charge in [-0.3, -0.25) is 0 Å². The summed E-state index contributed by atoms with van der Waals surface area (Å²) in [5.74, 6) is 0. The van der Waals surface area contributed by atoms with Crippen LogP contribution in [-0.4, -0.2) is 0 Å². The third-order valence-corrected chi connectivity index (χ3v) is 1.01. The fourth-order valence-corrected chi connectivity index (χ4v) is 0.623. The van der Waals surface area contributed by atoms with Crippen LogP contribution >= 0.6 is 0 Å². The normalized spacial score (nSPS) is 7.44. The Kier molecular flexibility index (Phi) is 3.94. The summed E-state index contributed by atoms with van der Waals surface area (Å²) >= 11 is 0. The van der Waals surface area contributed by atoms with E-state index in [4.69, 9.17) is 5.26 Å². The maximum absolute atomic E-state index is 8.19. The molecule has 0 bridgehead atoms. The molecule has 49 valence electrons. The molecule has 0 fully saturated rings. The zero-order chi connectivity index (χ0) is 5.82. The average Bonchev–Trinajstić information content (AvgIpc) is 2.19. The Morgan fingerprint density at radius 1 is 1.33 bits per heavy atom. The molecule has 0 saturated carbocycles. The van der Waals surface area contributed by atoms with Crippen LogP contribution in [0.5, 0.6) is 0 Å². The van der Waals surface area contributed by atoms with Crippen molar-refractivity contribution in [3.63, 3.8) is 0 Å². The maximum atomic E-state index is 8.19. The quantitative estimate of drug-likeness (QED) is 0.575. The van der Waals surface area contributed by atoms with Crippen molar-refractivity contribution >= 4 is 0 Å². The maximum Gasteiger partial charge on any atom is 0.0542 e. The van der Waals surface area contributed by atoms with Gasteiger partial charge in [-0.25, -0.2) is 12.1 Å². The van der Waals surface area contributed by atoms with Gasteiger partial charge >= 0.3 is 0 Å². The molecule has 0 N–H and O–H groups in total. The number of hydrogen-bond donors (Lipinski definition) is 0. The Labute approximate surface area is 64.9 Å². The predicted molar refractivity (Wildman–Crippen MR) is 31.4 cm³/mol. The van der Waals surface area contributed by atoms with E-state index in [9.17, 15) is 0 Å². The summed E-state index contributed by atoms with van der Waals surface area (Å²) in [6, 6.07) is 9.84. The average molecular weight is 163 g/mol. The van der Waals surface area contributed by atoms with Gasteiger partial charge in [-0.05, 0) is 0 Å². The number of nitriles is 1. The van der Waals surface area contributed by atoms with E-state index in [-0.39, 0.29) is 16.8 Å². The summed E-state index contributed by atoms with van der Waals surface area (Å²) < 4.78 is 0. The Bertz CT molecular complexity index is 183. The summed E-state index contributed by atoms with van der Waals surface area (Å²) in [7, 11) is 0. The second kappa shape index (κ2) is 4.25. The summed E-state index contributed by atoms with van der Waals surface area (Å²) in [5.41, 5.74) is 1.10. The second-order valence-electron chi connectivity index (χ2n) is 1.63. The second-order valence-corrected chi connectivity index (χ2v) is 1.63. The summed E-state index contributed by atoms with van der Waals surface area (Å²) in [4.78, 5) is 0. The van der Waals surface area contributed by atoms with Gasteiger partial charge in [0.25, 0.3) is 0 Å². The predicted octanol–water partition coefficient (Wildman–Crippen LogP) is 1.47. The molecule has 0 saturated heterocycles. The first-order valence-electron chi connectivity index (χ1n) is 2.51. The molecule has 2 heteroatoms. The van der Waals surface area contributed by atoms with Gasteiger partial charge in [-0.1, -0.05) is 0 Å². The van der Waals surface area contributed by atoms with E-state index in [2.05, 4.69) is 6.07 Å². The fourth-order valence-electron chi connectivity index (χ4n) is 0.623. The molecular formula is C7H6CoN-. The van der Waals surface area contributed by atoms with E-state index in [1.165, 1.54) is 0 Å². The molecule has 0 spiro atoms. The van der Waals surface area contributed by atoms with E-state index >= 15 is 0 Å². The molecule has 0 aromatic heterocycles. The van der Waals surface area contributed by atoms with E-state index in [1.54, 1.807) is 0 Å². The van der Waals surface area contributed by atoms with Gasteiger partial charge < -0.3 is 0 Å². The van der Waals surface area contributed by atoms with E-state index in [0.717, 1.165) is 5.56 Å². The molecule has 1 nitrogen and oxygen atoms in total. The standard InChI is InChI=1S/C7H6N.Co/c8-6-5-7-3-1-2-4-7;/h1-4H,5H2;/q-1;. The van der Waals surface area contributed by atoms with Crippen molar-refractivity contribution in [3.8, 4) is 6.07 Å². The minimum atomic E-state index is 0. The first-order chi connectivity index (χ1) is 3.93. The molecule has 9 heavy (non-hydrogen) atoms. The molecule has 1 radical (unpaired) electrons. The largest absolute Gasteiger partial charge is 0.213 e. The number of nitrogens with zero attached hydrogens (tertiary/aromatic N) is 1. The van der Waals surface area contributed by atoms with Crippen LogP contribution < -0.4 is 0 Å². The molecule has 0 aliphatic rings. The number of rotatable bonds is 1. The third kappa shape index (κ3) is 2.40. The SMILES string of the molecule is N#CC[c-]1cccc1.[Co]. The van der Waals surface area contributed by atoms with Crippen LogP contribution in [0.2, 0.25) is 0 Å². The van der Waals surface area contributed by atoms with Crippen LogP contribution in [0.3, 0.4) is 0 Å². The monoisotopic (exact) mass is 163 g/mol. The topological polar surface area (TPSA) is 23.8 Å². The smallest absolute Gasteiger partial charge is 0.0542 e. The van der Waals surface area contributed by atoms with Gasteiger partial charge in [0.1, 0.15) is 0 Å². The molecule has 0 heterocycles. The van der Waals surface area contributed by atoms with Gasteiger partial charge in [0.15, 0.2) is 0 Å². The van der Waals surface area contributed by atoms with Crippen molar-refractivity contribution in [1.82, 2.24) is 0 Å². The van der Waals surface area contributed by atoms with Crippen LogP contribution in [0.4, 0.5) is 0 Å². The molecule has 0 aliphatic carbocycles. The van der Waals surface area contributed by atoms with Crippen LogP contribution in [0, 0.1) is 11.3 Å². The Hall–Kier alpha value is -0.654. The van der Waals surface area contributed by atoms with Crippen LogP contribution in [-0.2, 0) is 23.2 Å². The van der Waals surface area contributed by atoms with Crippen molar-refractivity contribution in [3.05, 3.63) is 29.8 Å². The number of hydrogen-bond acceptors (Lipinski definition) is 1. The van der Waals surface area contributed by atoms with Gasteiger partial charge in [-0.15, -0.1) is 5.56 Å². The van der Waals surface area contributed by atoms with Crippen LogP contribution in [0.25, 0.3) is 0 Å².